The molecule has 2 aromatic rings. The summed E-state index contributed by atoms with van der Waals surface area (Å²) in [5.41, 5.74) is 2.96. The maximum Gasteiger partial charge on any atom is 0.411 e. The normalized spacial score (nSPS) is 11.8. The first-order chi connectivity index (χ1) is 12.1. The van der Waals surface area contributed by atoms with Gasteiger partial charge >= 0.3 is 6.09 Å². The lowest BCUT2D eigenvalue weighted by Gasteiger charge is -2.16. The molecule has 0 radical (unpaired) electrons. The van der Waals surface area contributed by atoms with E-state index in [9.17, 15) is 4.79 Å². The lowest BCUT2D eigenvalue weighted by molar-refractivity contribution is 0.101. The molecule has 1 unspecified atom stereocenters. The zero-order valence-corrected chi connectivity index (χ0v) is 16.5. The minimum atomic E-state index is -0.378. The first kappa shape index (κ1) is 19.5. The van der Waals surface area contributed by atoms with E-state index in [4.69, 9.17) is 4.74 Å². The van der Waals surface area contributed by atoms with Crippen LogP contribution in [0.15, 0.2) is 53.0 Å². The Kier molecular flexibility index (Phi) is 7.99. The van der Waals surface area contributed by atoms with E-state index in [1.165, 1.54) is 12.8 Å². The minimum absolute atomic E-state index is 0.00824. The Bertz CT molecular complexity index is 670. The molecule has 0 fully saturated rings. The number of benzene rings is 2. The highest BCUT2D eigenvalue weighted by atomic mass is 79.9. The second kappa shape index (κ2) is 10.2. The number of anilines is 1. The second-order valence-corrected chi connectivity index (χ2v) is 6.97. The van der Waals surface area contributed by atoms with Crippen molar-refractivity contribution in [1.82, 2.24) is 0 Å². The van der Waals surface area contributed by atoms with Crippen molar-refractivity contribution in [2.24, 2.45) is 0 Å². The summed E-state index contributed by atoms with van der Waals surface area (Å²) in [5, 5.41) is 2.82. The Hall–Kier alpha value is -1.81. The Morgan fingerprint density at radius 3 is 2.44 bits per heavy atom. The molecule has 25 heavy (non-hydrogen) atoms. The zero-order chi connectivity index (χ0) is 18.1. The molecule has 1 atom stereocenters. The molecule has 3 nitrogen and oxygen atoms in total. The molecular formula is C21H26BrNO2. The topological polar surface area (TPSA) is 38.3 Å². The summed E-state index contributed by atoms with van der Waals surface area (Å²) in [6, 6.07) is 15.9. The van der Waals surface area contributed by atoms with Crippen LogP contribution in [-0.4, -0.2) is 12.2 Å². The third-order valence-corrected chi connectivity index (χ3v) is 4.87. The molecule has 0 heterocycles. The highest BCUT2D eigenvalue weighted by molar-refractivity contribution is 9.10. The van der Waals surface area contributed by atoms with Crippen molar-refractivity contribution in [2.45, 2.75) is 52.1 Å². The van der Waals surface area contributed by atoms with E-state index in [0.29, 0.717) is 0 Å². The van der Waals surface area contributed by atoms with Gasteiger partial charge in [0.05, 0.1) is 0 Å². The molecule has 1 amide bonds. The summed E-state index contributed by atoms with van der Waals surface area (Å²) in [4.78, 5) is 12.1. The number of ether oxygens (including phenoxy) is 1. The van der Waals surface area contributed by atoms with Gasteiger partial charge < -0.3 is 4.74 Å². The van der Waals surface area contributed by atoms with Crippen LogP contribution in [-0.2, 0) is 4.74 Å². The number of carbonyl (C=O) groups excluding carboxylic acids is 1. The molecule has 0 bridgehead atoms. The Balaban J connectivity index is 1.92. The standard InChI is InChI=1S/C21H26BrNO2/c1-3-5-6-9-18(4-2)25-21(24)23-17-14-12-16(13-15-17)19-10-7-8-11-20(19)22/h7-8,10-15,18H,3-6,9H2,1-2H3,(H,23,24). The van der Waals surface area contributed by atoms with Gasteiger partial charge in [-0.1, -0.05) is 73.0 Å². The Labute approximate surface area is 158 Å². The number of amides is 1. The molecule has 2 rings (SSSR count). The summed E-state index contributed by atoms with van der Waals surface area (Å²) in [6.45, 7) is 4.22. The van der Waals surface area contributed by atoms with Gasteiger partial charge in [0.15, 0.2) is 0 Å². The lowest BCUT2D eigenvalue weighted by Crippen LogP contribution is -2.22. The van der Waals surface area contributed by atoms with Crippen molar-refractivity contribution in [3.8, 4) is 11.1 Å². The minimum Gasteiger partial charge on any atom is -0.446 e. The van der Waals surface area contributed by atoms with Crippen LogP contribution in [0.4, 0.5) is 10.5 Å². The van der Waals surface area contributed by atoms with E-state index in [2.05, 4.69) is 41.2 Å². The average Bonchev–Trinajstić information content (AvgIpc) is 2.62. The summed E-state index contributed by atoms with van der Waals surface area (Å²) in [5.74, 6) is 0. The Morgan fingerprint density at radius 1 is 1.08 bits per heavy atom. The average molecular weight is 404 g/mol. The van der Waals surface area contributed by atoms with Gasteiger partial charge in [0.2, 0.25) is 0 Å². The molecule has 1 N–H and O–H groups in total. The molecule has 0 aliphatic carbocycles. The number of nitrogens with one attached hydrogen (secondary N) is 1. The molecule has 2 aromatic carbocycles. The quantitative estimate of drug-likeness (QED) is 0.480. The highest BCUT2D eigenvalue weighted by Gasteiger charge is 2.12. The molecular weight excluding hydrogens is 378 g/mol. The number of hydrogen-bond donors (Lipinski definition) is 1. The number of unbranched alkanes of at least 4 members (excludes halogenated alkanes) is 2. The smallest absolute Gasteiger partial charge is 0.411 e. The molecule has 0 aliphatic rings. The number of hydrogen-bond acceptors (Lipinski definition) is 2. The van der Waals surface area contributed by atoms with E-state index in [-0.39, 0.29) is 12.2 Å². The molecule has 0 aromatic heterocycles. The number of carbonyl (C=O) groups is 1. The first-order valence-corrected chi connectivity index (χ1v) is 9.76. The van der Waals surface area contributed by atoms with Gasteiger partial charge in [0.1, 0.15) is 6.10 Å². The summed E-state index contributed by atoms with van der Waals surface area (Å²) >= 11 is 3.56. The van der Waals surface area contributed by atoms with Crippen LogP contribution in [0.5, 0.6) is 0 Å². The van der Waals surface area contributed by atoms with Gasteiger partial charge in [-0.25, -0.2) is 4.79 Å². The van der Waals surface area contributed by atoms with Gasteiger partial charge in [0.25, 0.3) is 0 Å². The maximum atomic E-state index is 12.1. The third kappa shape index (κ3) is 6.20. The lowest BCUT2D eigenvalue weighted by atomic mass is 10.1. The third-order valence-electron chi connectivity index (χ3n) is 4.17. The predicted molar refractivity (Wildman–Crippen MR) is 108 cm³/mol. The van der Waals surface area contributed by atoms with Crippen molar-refractivity contribution in [2.75, 3.05) is 5.32 Å². The summed E-state index contributed by atoms with van der Waals surface area (Å²) in [7, 11) is 0. The van der Waals surface area contributed by atoms with Crippen LogP contribution >= 0.6 is 15.9 Å². The van der Waals surface area contributed by atoms with Crippen molar-refractivity contribution in [1.29, 1.82) is 0 Å². The van der Waals surface area contributed by atoms with Crippen molar-refractivity contribution in [3.63, 3.8) is 0 Å². The van der Waals surface area contributed by atoms with Gasteiger partial charge in [-0.2, -0.15) is 0 Å². The van der Waals surface area contributed by atoms with E-state index < -0.39 is 0 Å². The fourth-order valence-electron chi connectivity index (χ4n) is 2.70. The van der Waals surface area contributed by atoms with Crippen LogP contribution in [0.1, 0.15) is 46.0 Å². The second-order valence-electron chi connectivity index (χ2n) is 6.11. The predicted octanol–water partition coefficient (Wildman–Crippen LogP) is 7.02. The Morgan fingerprint density at radius 2 is 1.80 bits per heavy atom. The fourth-order valence-corrected chi connectivity index (χ4v) is 3.21. The molecule has 0 saturated carbocycles. The van der Waals surface area contributed by atoms with Gasteiger partial charge in [-0.3, -0.25) is 5.32 Å². The largest absolute Gasteiger partial charge is 0.446 e. The summed E-state index contributed by atoms with van der Waals surface area (Å²) < 4.78 is 6.58. The number of rotatable bonds is 8. The van der Waals surface area contributed by atoms with Crippen LogP contribution in [0.2, 0.25) is 0 Å². The van der Waals surface area contributed by atoms with E-state index in [0.717, 1.165) is 40.5 Å². The summed E-state index contributed by atoms with van der Waals surface area (Å²) in [6.07, 6.45) is 4.84. The van der Waals surface area contributed by atoms with Crippen molar-refractivity contribution >= 4 is 27.7 Å². The van der Waals surface area contributed by atoms with E-state index in [1.807, 2.05) is 42.5 Å². The fraction of sp³-hybridized carbons (Fsp3) is 0.381. The highest BCUT2D eigenvalue weighted by Crippen LogP contribution is 2.28. The van der Waals surface area contributed by atoms with Gasteiger partial charge in [-0.15, -0.1) is 0 Å². The molecule has 134 valence electrons. The van der Waals surface area contributed by atoms with Crippen LogP contribution < -0.4 is 5.32 Å². The first-order valence-electron chi connectivity index (χ1n) is 8.96. The van der Waals surface area contributed by atoms with Crippen molar-refractivity contribution < 1.29 is 9.53 Å². The number of halogens is 1. The molecule has 0 aliphatic heterocycles. The maximum absolute atomic E-state index is 12.1. The monoisotopic (exact) mass is 403 g/mol. The molecule has 0 spiro atoms. The van der Waals surface area contributed by atoms with Crippen LogP contribution in [0, 0.1) is 0 Å². The molecule has 4 heteroatoms. The van der Waals surface area contributed by atoms with Gasteiger partial charge in [-0.05, 0) is 48.6 Å². The zero-order valence-electron chi connectivity index (χ0n) is 14.9. The SMILES string of the molecule is CCCCCC(CC)OC(=O)Nc1ccc(-c2ccccc2Br)cc1. The van der Waals surface area contributed by atoms with Gasteiger partial charge in [0, 0.05) is 10.2 Å². The molecule has 0 saturated heterocycles. The van der Waals surface area contributed by atoms with E-state index in [1.54, 1.807) is 0 Å². The van der Waals surface area contributed by atoms with Crippen LogP contribution in [0.25, 0.3) is 11.1 Å². The van der Waals surface area contributed by atoms with Crippen molar-refractivity contribution in [3.05, 3.63) is 53.0 Å². The van der Waals surface area contributed by atoms with Crippen LogP contribution in [0.3, 0.4) is 0 Å². The van der Waals surface area contributed by atoms with E-state index >= 15 is 0 Å².